The van der Waals surface area contributed by atoms with E-state index in [2.05, 4.69) is 34.9 Å². The molecule has 2 heterocycles. The maximum atomic E-state index is 12.6. The van der Waals surface area contributed by atoms with Crippen LogP contribution in [-0.4, -0.2) is 27.8 Å². The van der Waals surface area contributed by atoms with E-state index in [1.165, 1.54) is 5.56 Å². The smallest absolute Gasteiger partial charge is 0.223 e. The predicted molar refractivity (Wildman–Crippen MR) is 87.6 cm³/mol. The Labute approximate surface area is 135 Å². The van der Waals surface area contributed by atoms with Crippen molar-refractivity contribution in [3.63, 3.8) is 0 Å². The lowest BCUT2D eigenvalue weighted by atomic mass is 9.98. The summed E-state index contributed by atoms with van der Waals surface area (Å²) < 4.78 is 2.18. The highest BCUT2D eigenvalue weighted by Gasteiger charge is 2.31. The Hall–Kier alpha value is -2.56. The fraction of sp³-hybridized carbons (Fsp3) is 0.333. The van der Waals surface area contributed by atoms with Crippen molar-refractivity contribution in [2.75, 3.05) is 6.54 Å². The van der Waals surface area contributed by atoms with Gasteiger partial charge in [-0.3, -0.25) is 9.59 Å². The number of benzene rings is 1. The number of primary amides is 1. The summed E-state index contributed by atoms with van der Waals surface area (Å²) in [5, 5.41) is 0. The average molecular weight is 311 g/mol. The molecule has 0 radical (unpaired) electrons. The molecule has 1 aromatic carbocycles. The third-order valence-corrected chi connectivity index (χ3v) is 4.34. The molecule has 0 saturated carbocycles. The number of carbonyl (C=O) groups excluding carboxylic acids is 2. The second kappa shape index (κ2) is 6.28. The molecule has 2 amide bonds. The first-order valence-corrected chi connectivity index (χ1v) is 7.85. The minimum Gasteiger partial charge on any atom is -0.370 e. The zero-order chi connectivity index (χ0) is 16.4. The van der Waals surface area contributed by atoms with Crippen LogP contribution in [0.25, 0.3) is 0 Å². The Morgan fingerprint density at radius 2 is 1.87 bits per heavy atom. The fourth-order valence-corrected chi connectivity index (χ4v) is 3.13. The van der Waals surface area contributed by atoms with Crippen LogP contribution < -0.4 is 5.73 Å². The molecule has 2 aromatic rings. The topological polar surface area (TPSA) is 68.3 Å². The Morgan fingerprint density at radius 3 is 2.57 bits per heavy atom. The van der Waals surface area contributed by atoms with Crippen LogP contribution in [0.5, 0.6) is 0 Å². The number of hydrogen-bond donors (Lipinski definition) is 1. The molecule has 0 unspecified atom stereocenters. The van der Waals surface area contributed by atoms with Crippen molar-refractivity contribution < 1.29 is 9.59 Å². The maximum Gasteiger partial charge on any atom is 0.223 e. The van der Waals surface area contributed by atoms with Crippen molar-refractivity contribution in [1.29, 1.82) is 0 Å². The van der Waals surface area contributed by atoms with Crippen LogP contribution in [0, 0.1) is 6.92 Å². The molecule has 0 fully saturated rings. The molecule has 1 aromatic heterocycles. The summed E-state index contributed by atoms with van der Waals surface area (Å²) in [6.07, 6.45) is 2.30. The number of carbonyl (C=O) groups is 2. The highest BCUT2D eigenvalue weighted by atomic mass is 16.2. The first-order valence-electron chi connectivity index (χ1n) is 7.85. The fourth-order valence-electron chi connectivity index (χ4n) is 3.13. The van der Waals surface area contributed by atoms with E-state index in [9.17, 15) is 9.59 Å². The third kappa shape index (κ3) is 3.13. The van der Waals surface area contributed by atoms with Gasteiger partial charge in [0.1, 0.15) is 0 Å². The molecule has 1 aliphatic rings. The SMILES string of the molecule is Cc1ccc([C@H]2c3cccn3CCN2C(=O)CCC(N)=O)cc1. The predicted octanol–water partition coefficient (Wildman–Crippen LogP) is 1.99. The molecule has 3 rings (SSSR count). The van der Waals surface area contributed by atoms with Crippen LogP contribution in [0.2, 0.25) is 0 Å². The Bertz CT molecular complexity index is 718. The van der Waals surface area contributed by atoms with Gasteiger partial charge in [0.15, 0.2) is 0 Å². The molecule has 5 nitrogen and oxygen atoms in total. The van der Waals surface area contributed by atoms with Crippen molar-refractivity contribution in [3.05, 3.63) is 59.4 Å². The normalized spacial score (nSPS) is 16.9. The van der Waals surface area contributed by atoms with Crippen LogP contribution in [0.3, 0.4) is 0 Å². The molecule has 0 saturated heterocycles. The van der Waals surface area contributed by atoms with Gasteiger partial charge in [-0.25, -0.2) is 0 Å². The zero-order valence-corrected chi connectivity index (χ0v) is 13.2. The quantitative estimate of drug-likeness (QED) is 0.938. The van der Waals surface area contributed by atoms with Gasteiger partial charge in [0, 0.05) is 37.8 Å². The molecular formula is C18H21N3O2. The van der Waals surface area contributed by atoms with E-state index in [1.807, 2.05) is 24.1 Å². The van der Waals surface area contributed by atoms with Crippen LogP contribution >= 0.6 is 0 Å². The summed E-state index contributed by atoms with van der Waals surface area (Å²) in [6, 6.07) is 12.2. The van der Waals surface area contributed by atoms with Crippen LogP contribution in [0.1, 0.15) is 35.7 Å². The van der Waals surface area contributed by atoms with E-state index >= 15 is 0 Å². The van der Waals surface area contributed by atoms with Gasteiger partial charge in [0.05, 0.1) is 6.04 Å². The van der Waals surface area contributed by atoms with Crippen LogP contribution in [0.4, 0.5) is 0 Å². The van der Waals surface area contributed by atoms with E-state index in [0.29, 0.717) is 6.54 Å². The largest absolute Gasteiger partial charge is 0.370 e. The Balaban J connectivity index is 1.93. The monoisotopic (exact) mass is 311 g/mol. The van der Waals surface area contributed by atoms with Crippen molar-refractivity contribution in [2.24, 2.45) is 5.73 Å². The molecule has 0 bridgehead atoms. The molecular weight excluding hydrogens is 290 g/mol. The number of nitrogens with zero attached hydrogens (tertiary/aromatic N) is 2. The molecule has 5 heteroatoms. The van der Waals surface area contributed by atoms with Gasteiger partial charge in [-0.15, -0.1) is 0 Å². The van der Waals surface area contributed by atoms with Gasteiger partial charge < -0.3 is 15.2 Å². The van der Waals surface area contributed by atoms with E-state index in [1.54, 1.807) is 0 Å². The summed E-state index contributed by atoms with van der Waals surface area (Å²) in [5.74, 6) is -0.465. The third-order valence-electron chi connectivity index (χ3n) is 4.34. The average Bonchev–Trinajstić information content (AvgIpc) is 3.01. The van der Waals surface area contributed by atoms with E-state index in [4.69, 9.17) is 5.73 Å². The van der Waals surface area contributed by atoms with E-state index in [-0.39, 0.29) is 24.8 Å². The van der Waals surface area contributed by atoms with Crippen LogP contribution in [-0.2, 0) is 16.1 Å². The van der Waals surface area contributed by atoms with Gasteiger partial charge in [-0.1, -0.05) is 29.8 Å². The molecule has 120 valence electrons. The highest BCUT2D eigenvalue weighted by Crippen LogP contribution is 2.33. The molecule has 23 heavy (non-hydrogen) atoms. The van der Waals surface area contributed by atoms with Gasteiger partial charge in [-0.2, -0.15) is 0 Å². The molecule has 0 aliphatic carbocycles. The standard InChI is InChI=1S/C18H21N3O2/c1-13-4-6-14(7-5-13)18-15-3-2-10-20(15)11-12-21(18)17(23)9-8-16(19)22/h2-7,10,18H,8-9,11-12H2,1H3,(H2,19,22)/t18-/m0/s1. The Kier molecular flexibility index (Phi) is 4.19. The lowest BCUT2D eigenvalue weighted by Gasteiger charge is -2.37. The van der Waals surface area contributed by atoms with Gasteiger partial charge >= 0.3 is 0 Å². The number of rotatable bonds is 4. The maximum absolute atomic E-state index is 12.6. The van der Waals surface area contributed by atoms with E-state index < -0.39 is 5.91 Å². The molecule has 1 atom stereocenters. The first kappa shape index (κ1) is 15.3. The van der Waals surface area contributed by atoms with Gasteiger partial charge in [-0.05, 0) is 24.6 Å². The van der Waals surface area contributed by atoms with Crippen molar-refractivity contribution in [1.82, 2.24) is 9.47 Å². The summed E-state index contributed by atoms with van der Waals surface area (Å²) in [6.45, 7) is 3.45. The molecule has 0 spiro atoms. The number of aromatic nitrogens is 1. The lowest BCUT2D eigenvalue weighted by molar-refractivity contribution is -0.135. The number of aryl methyl sites for hydroxylation is 1. The van der Waals surface area contributed by atoms with Crippen molar-refractivity contribution >= 4 is 11.8 Å². The number of amides is 2. The van der Waals surface area contributed by atoms with Gasteiger partial charge in [0.25, 0.3) is 0 Å². The van der Waals surface area contributed by atoms with Gasteiger partial charge in [0.2, 0.25) is 11.8 Å². The number of hydrogen-bond acceptors (Lipinski definition) is 2. The van der Waals surface area contributed by atoms with Crippen molar-refractivity contribution in [3.8, 4) is 0 Å². The summed E-state index contributed by atoms with van der Waals surface area (Å²) in [7, 11) is 0. The first-order chi connectivity index (χ1) is 11.1. The minimum absolute atomic E-state index is 0.0261. The summed E-state index contributed by atoms with van der Waals surface area (Å²) >= 11 is 0. The second-order valence-corrected chi connectivity index (χ2v) is 5.99. The minimum atomic E-state index is -0.439. The summed E-state index contributed by atoms with van der Waals surface area (Å²) in [5.41, 5.74) is 8.56. The van der Waals surface area contributed by atoms with E-state index in [0.717, 1.165) is 17.8 Å². The molecule has 2 N–H and O–H groups in total. The lowest BCUT2D eigenvalue weighted by Crippen LogP contribution is -2.42. The summed E-state index contributed by atoms with van der Waals surface area (Å²) in [4.78, 5) is 25.4. The number of nitrogens with two attached hydrogens (primary N) is 1. The highest BCUT2D eigenvalue weighted by molar-refractivity contribution is 5.83. The number of fused-ring (bicyclic) bond motifs is 1. The molecule has 1 aliphatic heterocycles. The van der Waals surface area contributed by atoms with Crippen LogP contribution in [0.15, 0.2) is 42.6 Å². The second-order valence-electron chi connectivity index (χ2n) is 5.99. The Morgan fingerprint density at radius 1 is 1.13 bits per heavy atom. The van der Waals surface area contributed by atoms with Crippen molar-refractivity contribution in [2.45, 2.75) is 32.4 Å². The zero-order valence-electron chi connectivity index (χ0n) is 13.2.